The largest absolute Gasteiger partial charge is 0.354 e. The summed E-state index contributed by atoms with van der Waals surface area (Å²) < 4.78 is 0. The second-order valence-corrected chi connectivity index (χ2v) is 6.15. The van der Waals surface area contributed by atoms with Crippen molar-refractivity contribution in [1.82, 2.24) is 10.6 Å². The van der Waals surface area contributed by atoms with Crippen LogP contribution in [0.1, 0.15) is 59.3 Å². The van der Waals surface area contributed by atoms with Crippen LogP contribution in [0.3, 0.4) is 0 Å². The van der Waals surface area contributed by atoms with E-state index in [4.69, 9.17) is 0 Å². The molecule has 1 amide bonds. The summed E-state index contributed by atoms with van der Waals surface area (Å²) in [6.07, 6.45) is 7.49. The molecule has 3 heteroatoms. The molecule has 0 heterocycles. The molecule has 2 N–H and O–H groups in total. The highest BCUT2D eigenvalue weighted by molar-refractivity contribution is 5.76. The Morgan fingerprint density at radius 3 is 2.72 bits per heavy atom. The molecule has 1 aliphatic carbocycles. The zero-order valence-electron chi connectivity index (χ0n) is 12.3. The lowest BCUT2D eigenvalue weighted by molar-refractivity contribution is -0.121. The summed E-state index contributed by atoms with van der Waals surface area (Å²) >= 11 is 0. The van der Waals surface area contributed by atoms with Gasteiger partial charge >= 0.3 is 0 Å². The van der Waals surface area contributed by atoms with Crippen LogP contribution in [-0.4, -0.2) is 25.0 Å². The Morgan fingerprint density at radius 1 is 1.28 bits per heavy atom. The molecule has 0 aliphatic heterocycles. The topological polar surface area (TPSA) is 41.1 Å². The van der Waals surface area contributed by atoms with Gasteiger partial charge in [-0.3, -0.25) is 4.79 Å². The summed E-state index contributed by atoms with van der Waals surface area (Å²) in [6.45, 7) is 8.23. The van der Waals surface area contributed by atoms with Crippen LogP contribution in [0.5, 0.6) is 0 Å². The summed E-state index contributed by atoms with van der Waals surface area (Å²) in [5.74, 6) is 1.98. The van der Waals surface area contributed by atoms with E-state index in [2.05, 4.69) is 17.6 Å². The fourth-order valence-electron chi connectivity index (χ4n) is 2.85. The van der Waals surface area contributed by atoms with Gasteiger partial charge in [-0.25, -0.2) is 0 Å². The number of nitrogens with one attached hydrogen (secondary N) is 2. The third kappa shape index (κ3) is 7.00. The van der Waals surface area contributed by atoms with Crippen molar-refractivity contribution in [2.45, 2.75) is 65.3 Å². The predicted molar refractivity (Wildman–Crippen MR) is 76.5 cm³/mol. The Labute approximate surface area is 112 Å². The second-order valence-electron chi connectivity index (χ2n) is 6.15. The van der Waals surface area contributed by atoms with Crippen molar-refractivity contribution < 1.29 is 4.79 Å². The molecular formula is C15H30N2O. The van der Waals surface area contributed by atoms with Gasteiger partial charge in [-0.05, 0) is 45.1 Å². The van der Waals surface area contributed by atoms with E-state index in [1.807, 2.05) is 13.8 Å². The van der Waals surface area contributed by atoms with Gasteiger partial charge in [-0.2, -0.15) is 0 Å². The van der Waals surface area contributed by atoms with Crippen LogP contribution in [0.25, 0.3) is 0 Å². The van der Waals surface area contributed by atoms with Crippen molar-refractivity contribution in [3.8, 4) is 0 Å². The van der Waals surface area contributed by atoms with Crippen molar-refractivity contribution in [3.05, 3.63) is 0 Å². The third-order valence-corrected chi connectivity index (χ3v) is 3.75. The molecule has 0 spiro atoms. The molecule has 1 saturated carbocycles. The first-order chi connectivity index (χ1) is 8.58. The van der Waals surface area contributed by atoms with E-state index in [-0.39, 0.29) is 11.9 Å². The van der Waals surface area contributed by atoms with E-state index in [1.54, 1.807) is 0 Å². The molecule has 0 aromatic rings. The van der Waals surface area contributed by atoms with Gasteiger partial charge in [0.2, 0.25) is 5.91 Å². The highest BCUT2D eigenvalue weighted by Crippen LogP contribution is 2.30. The van der Waals surface area contributed by atoms with Crippen LogP contribution in [0.4, 0.5) is 0 Å². The Morgan fingerprint density at radius 2 is 2.06 bits per heavy atom. The van der Waals surface area contributed by atoms with Crippen molar-refractivity contribution in [2.75, 3.05) is 13.1 Å². The fraction of sp³-hybridized carbons (Fsp3) is 0.933. The average Bonchev–Trinajstić information content (AvgIpc) is 2.27. The van der Waals surface area contributed by atoms with Crippen LogP contribution in [0.2, 0.25) is 0 Å². The van der Waals surface area contributed by atoms with Gasteiger partial charge < -0.3 is 10.6 Å². The fourth-order valence-corrected chi connectivity index (χ4v) is 2.85. The molecule has 1 aliphatic rings. The minimum atomic E-state index is 0.156. The van der Waals surface area contributed by atoms with Gasteiger partial charge in [0, 0.05) is 19.0 Å². The average molecular weight is 254 g/mol. The SMILES string of the molecule is CC1CCCC(CCNCCC(=O)NC(C)C)C1. The number of amides is 1. The van der Waals surface area contributed by atoms with Crippen molar-refractivity contribution >= 4 is 5.91 Å². The Balaban J connectivity index is 1.96. The smallest absolute Gasteiger partial charge is 0.221 e. The molecule has 0 aromatic carbocycles. The predicted octanol–water partition coefficient (Wildman–Crippen LogP) is 2.71. The van der Waals surface area contributed by atoms with Crippen molar-refractivity contribution in [3.63, 3.8) is 0 Å². The first-order valence-corrected chi connectivity index (χ1v) is 7.58. The first-order valence-electron chi connectivity index (χ1n) is 7.58. The molecular weight excluding hydrogens is 224 g/mol. The maximum absolute atomic E-state index is 11.4. The van der Waals surface area contributed by atoms with Gasteiger partial charge in [0.05, 0.1) is 0 Å². The number of carbonyl (C=O) groups excluding carboxylic acids is 1. The van der Waals surface area contributed by atoms with E-state index >= 15 is 0 Å². The highest BCUT2D eigenvalue weighted by Gasteiger charge is 2.18. The van der Waals surface area contributed by atoms with Gasteiger partial charge in [0.15, 0.2) is 0 Å². The number of hydrogen-bond donors (Lipinski definition) is 2. The Hall–Kier alpha value is -0.570. The molecule has 106 valence electrons. The molecule has 3 nitrogen and oxygen atoms in total. The summed E-state index contributed by atoms with van der Waals surface area (Å²) in [4.78, 5) is 11.4. The van der Waals surface area contributed by atoms with Crippen LogP contribution < -0.4 is 10.6 Å². The zero-order chi connectivity index (χ0) is 13.4. The van der Waals surface area contributed by atoms with Gasteiger partial charge in [0.1, 0.15) is 0 Å². The Kier molecular flexibility index (Phi) is 7.33. The molecule has 0 bridgehead atoms. The minimum absolute atomic E-state index is 0.156. The second kappa shape index (κ2) is 8.52. The lowest BCUT2D eigenvalue weighted by atomic mass is 9.81. The molecule has 18 heavy (non-hydrogen) atoms. The summed E-state index contributed by atoms with van der Waals surface area (Å²) in [5, 5.41) is 6.30. The van der Waals surface area contributed by atoms with E-state index in [0.29, 0.717) is 6.42 Å². The third-order valence-electron chi connectivity index (χ3n) is 3.75. The summed E-state index contributed by atoms with van der Waals surface area (Å²) in [6, 6.07) is 0.251. The summed E-state index contributed by atoms with van der Waals surface area (Å²) in [5.41, 5.74) is 0. The van der Waals surface area contributed by atoms with E-state index in [9.17, 15) is 4.79 Å². The van der Waals surface area contributed by atoms with Gasteiger partial charge in [0.25, 0.3) is 0 Å². The number of hydrogen-bond acceptors (Lipinski definition) is 2. The maximum Gasteiger partial charge on any atom is 0.221 e. The monoisotopic (exact) mass is 254 g/mol. The summed E-state index contributed by atoms with van der Waals surface area (Å²) in [7, 11) is 0. The van der Waals surface area contributed by atoms with Gasteiger partial charge in [-0.15, -0.1) is 0 Å². The molecule has 0 aromatic heterocycles. The highest BCUT2D eigenvalue weighted by atomic mass is 16.1. The maximum atomic E-state index is 11.4. The zero-order valence-corrected chi connectivity index (χ0v) is 12.3. The van der Waals surface area contributed by atoms with Crippen LogP contribution >= 0.6 is 0 Å². The lowest BCUT2D eigenvalue weighted by Gasteiger charge is -2.26. The molecule has 1 fully saturated rings. The first kappa shape index (κ1) is 15.5. The van der Waals surface area contributed by atoms with E-state index in [1.165, 1.54) is 32.1 Å². The van der Waals surface area contributed by atoms with Crippen LogP contribution in [0, 0.1) is 11.8 Å². The Bertz CT molecular complexity index is 241. The van der Waals surface area contributed by atoms with E-state index in [0.717, 1.165) is 24.9 Å². The van der Waals surface area contributed by atoms with Crippen molar-refractivity contribution in [1.29, 1.82) is 0 Å². The van der Waals surface area contributed by atoms with Crippen LogP contribution in [-0.2, 0) is 4.79 Å². The molecule has 1 rings (SSSR count). The molecule has 0 saturated heterocycles. The number of rotatable bonds is 7. The minimum Gasteiger partial charge on any atom is -0.354 e. The molecule has 2 unspecified atom stereocenters. The molecule has 2 atom stereocenters. The normalized spacial score (nSPS) is 24.2. The number of carbonyl (C=O) groups is 1. The molecule has 0 radical (unpaired) electrons. The lowest BCUT2D eigenvalue weighted by Crippen LogP contribution is -2.33. The van der Waals surface area contributed by atoms with Crippen LogP contribution in [0.15, 0.2) is 0 Å². The quantitative estimate of drug-likeness (QED) is 0.686. The van der Waals surface area contributed by atoms with Gasteiger partial charge in [-0.1, -0.05) is 26.2 Å². The standard InChI is InChI=1S/C15H30N2O/c1-12(2)17-15(18)8-10-16-9-7-14-6-4-5-13(3)11-14/h12-14,16H,4-11H2,1-3H3,(H,17,18). The van der Waals surface area contributed by atoms with Crippen molar-refractivity contribution in [2.24, 2.45) is 11.8 Å². The van der Waals surface area contributed by atoms with E-state index < -0.39 is 0 Å².